The highest BCUT2D eigenvalue weighted by Gasteiger charge is 2.27. The summed E-state index contributed by atoms with van der Waals surface area (Å²) in [6, 6.07) is 20.9. The smallest absolute Gasteiger partial charge is 0.374 e. The van der Waals surface area contributed by atoms with Crippen LogP contribution in [0.1, 0.15) is 19.2 Å². The second-order valence-corrected chi connectivity index (χ2v) is 10.8. The second kappa shape index (κ2) is 13.7. The monoisotopic (exact) mass is 629 g/mol. The Bertz CT molecular complexity index is 1690. The van der Waals surface area contributed by atoms with Gasteiger partial charge < -0.3 is 23.2 Å². The molecule has 42 heavy (non-hydrogen) atoms. The molecule has 13 heteroatoms. The highest BCUT2D eigenvalue weighted by molar-refractivity contribution is 7.74. The summed E-state index contributed by atoms with van der Waals surface area (Å²) in [4.78, 5) is 1.79. The zero-order valence-electron chi connectivity index (χ0n) is 22.4. The number of rotatable bonds is 12. The van der Waals surface area contributed by atoms with Crippen LogP contribution in [0.5, 0.6) is 5.75 Å². The second-order valence-electron chi connectivity index (χ2n) is 9.11. The largest absolute Gasteiger partial charge is 0.750 e. The van der Waals surface area contributed by atoms with Crippen LogP contribution in [0.2, 0.25) is 5.02 Å². The van der Waals surface area contributed by atoms with E-state index in [0.717, 1.165) is 22.2 Å². The van der Waals surface area contributed by atoms with Crippen molar-refractivity contribution in [1.82, 2.24) is 0 Å². The number of oxazole rings is 1. The first-order valence-electron chi connectivity index (χ1n) is 13.0. The summed E-state index contributed by atoms with van der Waals surface area (Å²) in [5.41, 5.74) is 4.91. The van der Waals surface area contributed by atoms with Gasteiger partial charge in [-0.3, -0.25) is 8.37 Å². The van der Waals surface area contributed by atoms with Crippen molar-refractivity contribution in [3.8, 4) is 16.9 Å². The van der Waals surface area contributed by atoms with Crippen LogP contribution >= 0.6 is 11.6 Å². The fourth-order valence-electron chi connectivity index (χ4n) is 4.62. The van der Waals surface area contributed by atoms with Crippen molar-refractivity contribution in [1.29, 1.82) is 0 Å². The molecule has 0 amide bonds. The molecule has 0 radical (unpaired) electrons. The number of anilines is 1. The minimum Gasteiger partial charge on any atom is -0.750 e. The van der Waals surface area contributed by atoms with Crippen molar-refractivity contribution in [3.05, 3.63) is 95.2 Å². The summed E-state index contributed by atoms with van der Waals surface area (Å²) in [6.45, 7) is 2.21. The molecular formula is C29H26ClN2O8S2-. The fraction of sp³-hybridized carbons (Fsp3) is 0.207. The van der Waals surface area contributed by atoms with Gasteiger partial charge >= 0.3 is 5.89 Å². The molecule has 2 atom stereocenters. The van der Waals surface area contributed by atoms with Crippen LogP contribution in [0.4, 0.5) is 5.69 Å². The van der Waals surface area contributed by atoms with Crippen LogP contribution in [0.15, 0.2) is 88.7 Å². The van der Waals surface area contributed by atoms with E-state index in [9.17, 15) is 17.5 Å². The van der Waals surface area contributed by atoms with E-state index in [2.05, 4.69) is 0 Å². The molecule has 2 unspecified atom stereocenters. The van der Waals surface area contributed by atoms with Gasteiger partial charge in [0, 0.05) is 17.2 Å². The van der Waals surface area contributed by atoms with Gasteiger partial charge in [-0.25, -0.2) is 8.42 Å². The number of hydrogen-bond donors (Lipinski definition) is 0. The Morgan fingerprint density at radius 1 is 1.00 bits per heavy atom. The molecule has 4 aromatic rings. The fourth-order valence-corrected chi connectivity index (χ4v) is 5.21. The highest BCUT2D eigenvalue weighted by atomic mass is 35.5. The standard InChI is InChI=1S/C29H27ClN2O8S2/c1-2-20(17-29-32(13-15-38-42(35)36)25-19-23(30)9-11-27(25)40-29)16-28-31(12-14-37-41(33)34)24-18-22(8-10-26(24)39-28)21-6-4-3-5-7-21/h3-11,16-19H,2,12-15H2,1H3,(H-,33,34,35,36)/p-1. The highest BCUT2D eigenvalue weighted by Crippen LogP contribution is 2.41. The van der Waals surface area contributed by atoms with Gasteiger partial charge in [0.1, 0.15) is 6.61 Å². The lowest BCUT2D eigenvalue weighted by molar-refractivity contribution is -0.678. The predicted octanol–water partition coefficient (Wildman–Crippen LogP) is 5.20. The number of benzene rings is 3. The Morgan fingerprint density at radius 2 is 1.76 bits per heavy atom. The minimum atomic E-state index is -2.65. The maximum Gasteiger partial charge on any atom is 0.374 e. The summed E-state index contributed by atoms with van der Waals surface area (Å²) in [5.74, 6) is 1.51. The molecule has 3 aromatic carbocycles. The van der Waals surface area contributed by atoms with E-state index in [1.807, 2.05) is 72.2 Å². The molecule has 0 spiro atoms. The van der Waals surface area contributed by atoms with Gasteiger partial charge in [0.25, 0.3) is 5.52 Å². The van der Waals surface area contributed by atoms with Crippen molar-refractivity contribution < 1.29 is 39.6 Å². The molecule has 1 aliphatic heterocycles. The quantitative estimate of drug-likeness (QED) is 0.153. The van der Waals surface area contributed by atoms with Gasteiger partial charge in [-0.1, -0.05) is 54.9 Å². The van der Waals surface area contributed by atoms with Gasteiger partial charge in [-0.05, 0) is 47.4 Å². The Hall–Kier alpha value is -3.36. The number of ether oxygens (including phenoxy) is 1. The Balaban J connectivity index is 1.53. The van der Waals surface area contributed by atoms with Gasteiger partial charge in [-0.15, -0.1) is 0 Å². The van der Waals surface area contributed by atoms with Crippen LogP contribution in [-0.2, 0) is 37.6 Å². The minimum absolute atomic E-state index is 0.0809. The molecule has 0 fully saturated rings. The first-order valence-corrected chi connectivity index (χ1v) is 15.3. The summed E-state index contributed by atoms with van der Waals surface area (Å²) in [6.07, 6.45) is 4.27. The predicted molar refractivity (Wildman–Crippen MR) is 157 cm³/mol. The maximum absolute atomic E-state index is 11.0. The van der Waals surface area contributed by atoms with Gasteiger partial charge in [0.2, 0.25) is 11.5 Å². The number of halogens is 1. The Kier molecular flexibility index (Phi) is 9.85. The molecule has 10 nitrogen and oxygen atoms in total. The van der Waals surface area contributed by atoms with Crippen LogP contribution in [0, 0.1) is 0 Å². The summed E-state index contributed by atoms with van der Waals surface area (Å²) in [5, 5.41) is 0.502. The molecule has 0 bridgehead atoms. The lowest BCUT2D eigenvalue weighted by Gasteiger charge is -2.19. The molecule has 1 aromatic heterocycles. The average molecular weight is 630 g/mol. The van der Waals surface area contributed by atoms with E-state index in [4.69, 9.17) is 29.1 Å². The van der Waals surface area contributed by atoms with E-state index < -0.39 is 22.7 Å². The molecule has 2 heterocycles. The van der Waals surface area contributed by atoms with E-state index in [1.165, 1.54) is 0 Å². The third-order valence-electron chi connectivity index (χ3n) is 6.54. The lowest BCUT2D eigenvalue weighted by Crippen LogP contribution is -2.37. The zero-order chi connectivity index (χ0) is 29.6. The van der Waals surface area contributed by atoms with Gasteiger partial charge in [0.05, 0.1) is 47.6 Å². The van der Waals surface area contributed by atoms with Crippen molar-refractivity contribution in [3.63, 3.8) is 0 Å². The molecule has 5 rings (SSSR count). The van der Waals surface area contributed by atoms with E-state index >= 15 is 0 Å². The van der Waals surface area contributed by atoms with Crippen LogP contribution in [0.25, 0.3) is 28.3 Å². The molecule has 1 aliphatic rings. The molecule has 0 saturated carbocycles. The van der Waals surface area contributed by atoms with Crippen molar-refractivity contribution >= 4 is 57.2 Å². The van der Waals surface area contributed by atoms with Crippen molar-refractivity contribution in [2.45, 2.75) is 19.9 Å². The van der Waals surface area contributed by atoms with Crippen LogP contribution < -0.4 is 14.2 Å². The normalized spacial score (nSPS) is 15.7. The number of fused-ring (bicyclic) bond motifs is 2. The van der Waals surface area contributed by atoms with E-state index in [1.54, 1.807) is 23.1 Å². The summed E-state index contributed by atoms with van der Waals surface area (Å²) >= 11 is 0.927. The molecule has 0 aliphatic carbocycles. The van der Waals surface area contributed by atoms with Crippen LogP contribution in [0.3, 0.4) is 0 Å². The third-order valence-corrected chi connectivity index (χ3v) is 7.50. The summed E-state index contributed by atoms with van der Waals surface area (Å²) < 4.78 is 67.7. The molecule has 0 N–H and O–H groups in total. The molecule has 220 valence electrons. The van der Waals surface area contributed by atoms with Crippen molar-refractivity contribution in [2.24, 2.45) is 0 Å². The SMILES string of the molecule is CCC(/C=C1\Oc2ccc(Cl)cc2N1CCOS(=O)[O-])=C\c1oc2ccc(-c3ccccc3)cc2[n+]1CCOS(=O)[O-]. The topological polar surface area (TPSA) is 128 Å². The number of aromatic nitrogens is 1. The van der Waals surface area contributed by atoms with Gasteiger partial charge in [-0.2, -0.15) is 4.57 Å². The lowest BCUT2D eigenvalue weighted by atomic mass is 10.1. The number of hydrogen-bond acceptors (Lipinski definition) is 9. The summed E-state index contributed by atoms with van der Waals surface area (Å²) in [7, 11) is 0. The van der Waals surface area contributed by atoms with Gasteiger partial charge in [0.15, 0.2) is 12.3 Å². The first-order chi connectivity index (χ1) is 20.3. The zero-order valence-corrected chi connectivity index (χ0v) is 24.8. The molecule has 0 saturated heterocycles. The molecular weight excluding hydrogens is 604 g/mol. The Morgan fingerprint density at radius 3 is 2.50 bits per heavy atom. The van der Waals surface area contributed by atoms with Crippen LogP contribution in [-0.4, -0.2) is 37.3 Å². The number of allylic oxidation sites excluding steroid dienone is 2. The average Bonchev–Trinajstić information content (AvgIpc) is 3.49. The first kappa shape index (κ1) is 30.1. The van der Waals surface area contributed by atoms with E-state index in [-0.39, 0.29) is 26.3 Å². The maximum atomic E-state index is 11.0. The number of nitrogens with zero attached hydrogens (tertiary/aromatic N) is 2. The third kappa shape index (κ3) is 7.16. The van der Waals surface area contributed by atoms with E-state index in [0.29, 0.717) is 40.2 Å². The Labute approximate surface area is 252 Å². The van der Waals surface area contributed by atoms with Crippen molar-refractivity contribution in [2.75, 3.05) is 24.7 Å².